The molecule has 1 fully saturated rings. The van der Waals surface area contributed by atoms with Crippen LogP contribution in [-0.4, -0.2) is 41.7 Å². The van der Waals surface area contributed by atoms with Crippen LogP contribution >= 0.6 is 0 Å². The third kappa shape index (κ3) is 1.66. The molecule has 2 aliphatic rings. The fraction of sp³-hybridized carbons (Fsp3) is 0.231. The Morgan fingerprint density at radius 1 is 1.25 bits per heavy atom. The SMILES string of the molecule is B=C1CCC(N2C(=O)c3cccc(N)c3C2=O)C(=O)N1. The molecular weight excluding hydrogens is 257 g/mol. The predicted octanol–water partition coefficient (Wildman–Crippen LogP) is -0.826. The number of piperidine rings is 1. The molecule has 20 heavy (non-hydrogen) atoms. The van der Waals surface area contributed by atoms with Crippen molar-refractivity contribution in [1.29, 1.82) is 0 Å². The molecule has 7 heteroatoms. The Kier molecular flexibility index (Phi) is 2.70. The van der Waals surface area contributed by atoms with E-state index in [-0.39, 0.29) is 22.7 Å². The molecule has 1 saturated heterocycles. The fourth-order valence-electron chi connectivity index (χ4n) is 2.62. The van der Waals surface area contributed by atoms with Crippen molar-refractivity contribution in [3.8, 4) is 0 Å². The maximum absolute atomic E-state index is 12.4. The summed E-state index contributed by atoms with van der Waals surface area (Å²) in [5, 5.41) is 2.58. The number of hydrogen-bond acceptors (Lipinski definition) is 4. The van der Waals surface area contributed by atoms with E-state index in [1.807, 2.05) is 0 Å². The van der Waals surface area contributed by atoms with Crippen LogP contribution < -0.4 is 11.1 Å². The maximum atomic E-state index is 12.4. The van der Waals surface area contributed by atoms with Crippen LogP contribution in [0.5, 0.6) is 0 Å². The van der Waals surface area contributed by atoms with Gasteiger partial charge in [0.05, 0.1) is 0 Å². The molecule has 1 aromatic rings. The van der Waals surface area contributed by atoms with Crippen molar-refractivity contribution >= 4 is 36.5 Å². The van der Waals surface area contributed by atoms with Gasteiger partial charge in [0, 0.05) is 0 Å². The average molecular weight is 269 g/mol. The zero-order valence-electron chi connectivity index (χ0n) is 10.7. The van der Waals surface area contributed by atoms with Crippen LogP contribution in [-0.2, 0) is 4.79 Å². The molecule has 2 heterocycles. The van der Waals surface area contributed by atoms with Gasteiger partial charge in [-0.3, -0.25) is 0 Å². The van der Waals surface area contributed by atoms with Crippen LogP contribution in [0.1, 0.15) is 33.6 Å². The molecule has 1 atom stereocenters. The van der Waals surface area contributed by atoms with Gasteiger partial charge < -0.3 is 0 Å². The van der Waals surface area contributed by atoms with Crippen molar-refractivity contribution in [2.75, 3.05) is 5.73 Å². The molecule has 1 unspecified atom stereocenters. The quantitative estimate of drug-likeness (QED) is 0.395. The van der Waals surface area contributed by atoms with E-state index in [4.69, 9.17) is 5.73 Å². The standard InChI is InChI=1S/C13H12BN3O3/c14-9-5-4-8(11(18)16-9)17-12(19)6-2-1-3-7(15)10(6)13(17)20/h1-3,8,14H,4-5,15H2,(H,16,18). The van der Waals surface area contributed by atoms with E-state index in [0.29, 0.717) is 18.4 Å². The second kappa shape index (κ2) is 4.30. The third-order valence-electron chi connectivity index (χ3n) is 3.61. The number of anilines is 1. The Bertz CT molecular complexity index is 671. The van der Waals surface area contributed by atoms with Crippen LogP contribution in [0.25, 0.3) is 0 Å². The second-order valence-electron chi connectivity index (χ2n) is 4.90. The van der Waals surface area contributed by atoms with Crippen LogP contribution in [0.3, 0.4) is 0 Å². The number of hydrogen-bond donors (Lipinski definition) is 2. The van der Waals surface area contributed by atoms with Crippen molar-refractivity contribution in [1.82, 2.24) is 10.2 Å². The third-order valence-corrected chi connectivity index (χ3v) is 3.61. The van der Waals surface area contributed by atoms with Crippen LogP contribution in [0, 0.1) is 0 Å². The zero-order chi connectivity index (χ0) is 14.4. The topological polar surface area (TPSA) is 92.5 Å². The van der Waals surface area contributed by atoms with Crippen molar-refractivity contribution in [3.05, 3.63) is 29.3 Å². The minimum absolute atomic E-state index is 0.190. The van der Waals surface area contributed by atoms with Gasteiger partial charge in [-0.05, 0) is 0 Å². The average Bonchev–Trinajstić information content (AvgIpc) is 2.64. The first-order chi connectivity index (χ1) is 9.50. The number of carbonyl (C=O) groups excluding carboxylic acids is 3. The number of carbonyl (C=O) groups is 3. The molecule has 1 aromatic carbocycles. The number of nitrogens with two attached hydrogens (primary N) is 1. The first-order valence-electron chi connectivity index (χ1n) is 6.25. The first kappa shape index (κ1) is 12.6. The summed E-state index contributed by atoms with van der Waals surface area (Å²) < 4.78 is 0. The van der Waals surface area contributed by atoms with Crippen LogP contribution in [0.2, 0.25) is 0 Å². The van der Waals surface area contributed by atoms with Gasteiger partial charge in [0.2, 0.25) is 0 Å². The van der Waals surface area contributed by atoms with Gasteiger partial charge in [-0.2, -0.15) is 0 Å². The molecule has 3 N–H and O–H groups in total. The molecule has 0 spiro atoms. The summed E-state index contributed by atoms with van der Waals surface area (Å²) in [6, 6.07) is 3.93. The number of fused-ring (bicyclic) bond motifs is 1. The summed E-state index contributed by atoms with van der Waals surface area (Å²) in [5.41, 5.74) is 7.06. The molecular formula is C13H12BN3O3. The summed E-state index contributed by atoms with van der Waals surface area (Å²) in [6.07, 6.45) is 0.926. The normalized spacial score (nSPS) is 21.9. The van der Waals surface area contributed by atoms with E-state index in [2.05, 4.69) is 12.8 Å². The fourth-order valence-corrected chi connectivity index (χ4v) is 2.62. The molecule has 0 saturated carbocycles. The number of nitrogens with zero attached hydrogens (tertiary/aromatic N) is 1. The molecule has 0 aromatic heterocycles. The van der Waals surface area contributed by atoms with Crippen molar-refractivity contribution in [3.63, 3.8) is 0 Å². The number of imide groups is 1. The van der Waals surface area contributed by atoms with Crippen LogP contribution in [0.4, 0.5) is 5.69 Å². The molecule has 2 aliphatic heterocycles. The van der Waals surface area contributed by atoms with Crippen molar-refractivity contribution in [2.45, 2.75) is 18.9 Å². The van der Waals surface area contributed by atoms with Gasteiger partial charge >= 0.3 is 115 Å². The Balaban J connectivity index is 2.00. The van der Waals surface area contributed by atoms with Gasteiger partial charge in [0.1, 0.15) is 0 Å². The number of nitrogen functional groups attached to an aromatic ring is 1. The zero-order valence-corrected chi connectivity index (χ0v) is 10.7. The van der Waals surface area contributed by atoms with Gasteiger partial charge in [-0.15, -0.1) is 0 Å². The second-order valence-corrected chi connectivity index (χ2v) is 4.90. The first-order valence-corrected chi connectivity index (χ1v) is 6.25. The summed E-state index contributed by atoms with van der Waals surface area (Å²) in [7, 11) is 3.68. The van der Waals surface area contributed by atoms with Crippen molar-refractivity contribution < 1.29 is 14.4 Å². The number of nitrogens with one attached hydrogen (secondary N) is 1. The summed E-state index contributed by atoms with van der Waals surface area (Å²) in [5.74, 6) is -1.35. The number of rotatable bonds is 1. The summed E-state index contributed by atoms with van der Waals surface area (Å²) >= 11 is 0. The molecule has 0 aliphatic carbocycles. The van der Waals surface area contributed by atoms with Gasteiger partial charge in [0.25, 0.3) is 0 Å². The van der Waals surface area contributed by atoms with E-state index in [1.54, 1.807) is 18.2 Å². The van der Waals surface area contributed by atoms with E-state index < -0.39 is 17.9 Å². The molecule has 3 amide bonds. The van der Waals surface area contributed by atoms with E-state index in [9.17, 15) is 14.4 Å². The van der Waals surface area contributed by atoms with Crippen molar-refractivity contribution in [2.24, 2.45) is 0 Å². The van der Waals surface area contributed by atoms with Crippen LogP contribution in [0.15, 0.2) is 18.2 Å². The molecule has 100 valence electrons. The number of benzene rings is 1. The molecule has 0 radical (unpaired) electrons. The molecule has 3 rings (SSSR count). The van der Waals surface area contributed by atoms with E-state index >= 15 is 0 Å². The van der Waals surface area contributed by atoms with E-state index in [1.165, 1.54) is 0 Å². The Morgan fingerprint density at radius 2 is 2.00 bits per heavy atom. The van der Waals surface area contributed by atoms with Gasteiger partial charge in [-0.1, -0.05) is 0 Å². The summed E-state index contributed by atoms with van der Waals surface area (Å²) in [4.78, 5) is 37.7. The predicted molar refractivity (Wildman–Crippen MR) is 74.7 cm³/mol. The Hall–Kier alpha value is -2.44. The van der Waals surface area contributed by atoms with Gasteiger partial charge in [0.15, 0.2) is 0 Å². The monoisotopic (exact) mass is 269 g/mol. The van der Waals surface area contributed by atoms with Gasteiger partial charge in [-0.25, -0.2) is 0 Å². The van der Waals surface area contributed by atoms with E-state index in [0.717, 1.165) is 4.90 Å². The molecule has 0 bridgehead atoms. The molecule has 6 nitrogen and oxygen atoms in total. The summed E-state index contributed by atoms with van der Waals surface area (Å²) in [6.45, 7) is 0. The Labute approximate surface area is 116 Å². The number of amides is 3. The minimum atomic E-state index is -0.799. The Morgan fingerprint density at radius 3 is 2.65 bits per heavy atom.